The van der Waals surface area contributed by atoms with Gasteiger partial charge < -0.3 is 4.74 Å². The van der Waals surface area contributed by atoms with Crippen LogP contribution in [0.4, 0.5) is 5.13 Å². The molecule has 34 heavy (non-hydrogen) atoms. The number of hydrogen-bond acceptors (Lipinski definition) is 7. The van der Waals surface area contributed by atoms with Crippen LogP contribution in [0.2, 0.25) is 0 Å². The molecule has 0 aliphatic rings. The third kappa shape index (κ3) is 4.74. The molecule has 2 aromatic heterocycles. The summed E-state index contributed by atoms with van der Waals surface area (Å²) < 4.78 is 6.30. The van der Waals surface area contributed by atoms with E-state index in [-0.39, 0.29) is 31.2 Å². The van der Waals surface area contributed by atoms with Crippen LogP contribution in [-0.4, -0.2) is 33.2 Å². The Morgan fingerprint density at radius 1 is 1.00 bits per heavy atom. The highest BCUT2D eigenvalue weighted by atomic mass is 32.1. The van der Waals surface area contributed by atoms with Gasteiger partial charge in [-0.2, -0.15) is 5.10 Å². The quantitative estimate of drug-likeness (QED) is 0.376. The Labute approximate surface area is 200 Å². The van der Waals surface area contributed by atoms with Crippen LogP contribution in [-0.2, 0) is 22.6 Å². The molecule has 0 aliphatic carbocycles. The third-order valence-electron chi connectivity index (χ3n) is 5.30. The van der Waals surface area contributed by atoms with Crippen molar-refractivity contribution in [2.75, 3.05) is 11.5 Å². The minimum atomic E-state index is -0.473. The van der Waals surface area contributed by atoms with E-state index in [1.807, 2.05) is 42.5 Å². The molecule has 0 spiro atoms. The van der Waals surface area contributed by atoms with E-state index in [9.17, 15) is 14.4 Å². The number of hydrogen-bond donors (Lipinski definition) is 0. The van der Waals surface area contributed by atoms with Crippen LogP contribution in [0.15, 0.2) is 59.4 Å². The van der Waals surface area contributed by atoms with Gasteiger partial charge in [-0.3, -0.25) is 14.5 Å². The van der Waals surface area contributed by atoms with Gasteiger partial charge in [-0.1, -0.05) is 59.9 Å². The molecule has 1 amide bonds. The second-order valence-electron chi connectivity index (χ2n) is 7.69. The minimum absolute atomic E-state index is 0.232. The lowest BCUT2D eigenvalue weighted by molar-refractivity contribution is -0.119. The van der Waals surface area contributed by atoms with Crippen LogP contribution in [0.25, 0.3) is 10.8 Å². The van der Waals surface area contributed by atoms with Crippen molar-refractivity contribution >= 4 is 39.1 Å². The largest absolute Gasteiger partial charge is 0.462 e. The molecule has 0 fully saturated rings. The first-order chi connectivity index (χ1) is 16.4. The number of ether oxygens (including phenoxy) is 1. The van der Waals surface area contributed by atoms with Crippen LogP contribution in [0.5, 0.6) is 0 Å². The molecule has 2 aromatic carbocycles. The topological polar surface area (TPSA) is 94.4 Å². The summed E-state index contributed by atoms with van der Waals surface area (Å²) in [5.74, 6) is -0.837. The van der Waals surface area contributed by atoms with Gasteiger partial charge in [-0.05, 0) is 32.4 Å². The first kappa shape index (κ1) is 23.3. The first-order valence-corrected chi connectivity index (χ1v) is 11.7. The number of amides is 1. The van der Waals surface area contributed by atoms with Crippen molar-refractivity contribution in [1.82, 2.24) is 14.8 Å². The smallest absolute Gasteiger partial charge is 0.350 e. The number of carbonyl (C=O) groups excluding carboxylic acids is 2. The number of aromatic nitrogens is 3. The minimum Gasteiger partial charge on any atom is -0.462 e. The van der Waals surface area contributed by atoms with Crippen LogP contribution in [0.1, 0.15) is 33.5 Å². The molecule has 9 heteroatoms. The van der Waals surface area contributed by atoms with E-state index in [0.29, 0.717) is 26.8 Å². The number of aryl methyl sites for hydroxylation is 2. The van der Waals surface area contributed by atoms with Gasteiger partial charge >= 0.3 is 5.97 Å². The van der Waals surface area contributed by atoms with E-state index in [1.165, 1.54) is 9.58 Å². The van der Waals surface area contributed by atoms with Crippen molar-refractivity contribution < 1.29 is 14.3 Å². The standard InChI is InChI=1S/C25H24N4O4S/c1-4-33-24(32)22-17(3)26-25(34-22)28(14-18-10-6-5-7-11-18)21(30)15-29-23(31)20-13-9-8-12-19(20)16(2)27-29/h5-13H,4,14-15H2,1-3H3. The van der Waals surface area contributed by atoms with E-state index < -0.39 is 5.97 Å². The zero-order chi connectivity index (χ0) is 24.2. The van der Waals surface area contributed by atoms with Gasteiger partial charge in [0.25, 0.3) is 11.5 Å². The summed E-state index contributed by atoms with van der Waals surface area (Å²) >= 11 is 1.10. The lowest BCUT2D eigenvalue weighted by Gasteiger charge is -2.20. The van der Waals surface area contributed by atoms with Gasteiger partial charge in [0.05, 0.1) is 29.9 Å². The summed E-state index contributed by atoms with van der Waals surface area (Å²) in [5, 5.41) is 5.99. The van der Waals surface area contributed by atoms with Crippen molar-refractivity contribution in [2.45, 2.75) is 33.9 Å². The zero-order valence-electron chi connectivity index (χ0n) is 19.1. The lowest BCUT2D eigenvalue weighted by Crippen LogP contribution is -2.37. The third-order valence-corrected chi connectivity index (χ3v) is 6.46. The highest BCUT2D eigenvalue weighted by Gasteiger charge is 2.25. The molecule has 0 N–H and O–H groups in total. The molecule has 0 atom stereocenters. The fraction of sp³-hybridized carbons (Fsp3) is 0.240. The summed E-state index contributed by atoms with van der Waals surface area (Å²) in [7, 11) is 0. The predicted octanol–water partition coefficient (Wildman–Crippen LogP) is 3.88. The molecule has 2 heterocycles. The molecule has 4 rings (SSSR count). The van der Waals surface area contributed by atoms with Crippen LogP contribution < -0.4 is 10.5 Å². The maximum Gasteiger partial charge on any atom is 0.350 e. The Hall–Kier alpha value is -3.85. The first-order valence-electron chi connectivity index (χ1n) is 10.8. The Morgan fingerprint density at radius 3 is 2.38 bits per heavy atom. The van der Waals surface area contributed by atoms with Crippen molar-refractivity contribution in [3.05, 3.63) is 86.8 Å². The summed E-state index contributed by atoms with van der Waals surface area (Å²) in [6.07, 6.45) is 0. The highest BCUT2D eigenvalue weighted by molar-refractivity contribution is 7.17. The molecule has 0 saturated carbocycles. The summed E-state index contributed by atoms with van der Waals surface area (Å²) in [5.41, 5.74) is 1.70. The van der Waals surface area contributed by atoms with Gasteiger partial charge in [0.1, 0.15) is 11.4 Å². The van der Waals surface area contributed by atoms with Crippen LogP contribution in [0.3, 0.4) is 0 Å². The second kappa shape index (κ2) is 9.96. The van der Waals surface area contributed by atoms with Gasteiger partial charge in [0, 0.05) is 5.39 Å². The van der Waals surface area contributed by atoms with Crippen molar-refractivity contribution in [2.24, 2.45) is 0 Å². The molecule has 8 nitrogen and oxygen atoms in total. The predicted molar refractivity (Wildman–Crippen MR) is 131 cm³/mol. The fourth-order valence-corrected chi connectivity index (χ4v) is 4.61. The molecule has 0 radical (unpaired) electrons. The highest BCUT2D eigenvalue weighted by Crippen LogP contribution is 2.28. The number of benzene rings is 2. The van der Waals surface area contributed by atoms with Gasteiger partial charge in [0.15, 0.2) is 5.13 Å². The molecule has 0 bridgehead atoms. The average Bonchev–Trinajstić information content (AvgIpc) is 3.23. The van der Waals surface area contributed by atoms with Crippen molar-refractivity contribution in [3.8, 4) is 0 Å². The summed E-state index contributed by atoms with van der Waals surface area (Å²) in [6.45, 7) is 5.46. The molecule has 0 aliphatic heterocycles. The fourth-order valence-electron chi connectivity index (χ4n) is 3.64. The Kier molecular flexibility index (Phi) is 6.83. The monoisotopic (exact) mass is 476 g/mol. The van der Waals surface area contributed by atoms with E-state index >= 15 is 0 Å². The van der Waals surface area contributed by atoms with E-state index in [1.54, 1.807) is 32.9 Å². The maximum absolute atomic E-state index is 13.5. The number of nitrogens with zero attached hydrogens (tertiary/aromatic N) is 4. The Morgan fingerprint density at radius 2 is 1.68 bits per heavy atom. The molecule has 4 aromatic rings. The second-order valence-corrected chi connectivity index (χ2v) is 8.67. The molecule has 0 saturated heterocycles. The van der Waals surface area contributed by atoms with E-state index in [4.69, 9.17) is 4.74 Å². The number of anilines is 1. The number of esters is 1. The number of fused-ring (bicyclic) bond motifs is 1. The van der Waals surface area contributed by atoms with Crippen molar-refractivity contribution in [3.63, 3.8) is 0 Å². The SMILES string of the molecule is CCOC(=O)c1sc(N(Cc2ccccc2)C(=O)Cn2nc(C)c3ccccc3c2=O)nc1C. The van der Waals surface area contributed by atoms with Gasteiger partial charge in [-0.25, -0.2) is 14.5 Å². The number of rotatable bonds is 7. The number of thiazole rings is 1. The molecular formula is C25H24N4O4S. The zero-order valence-corrected chi connectivity index (χ0v) is 20.0. The van der Waals surface area contributed by atoms with Gasteiger partial charge in [0.2, 0.25) is 0 Å². The normalized spacial score (nSPS) is 10.9. The Bertz CT molecular complexity index is 1410. The van der Waals surface area contributed by atoms with E-state index in [2.05, 4.69) is 10.1 Å². The molecule has 174 valence electrons. The van der Waals surface area contributed by atoms with Crippen LogP contribution >= 0.6 is 11.3 Å². The summed E-state index contributed by atoms with van der Waals surface area (Å²) in [4.78, 5) is 45.1. The van der Waals surface area contributed by atoms with Gasteiger partial charge in [-0.15, -0.1) is 0 Å². The van der Waals surface area contributed by atoms with Crippen LogP contribution in [0, 0.1) is 13.8 Å². The van der Waals surface area contributed by atoms with E-state index in [0.717, 1.165) is 22.3 Å². The van der Waals surface area contributed by atoms with Crippen molar-refractivity contribution in [1.29, 1.82) is 0 Å². The summed E-state index contributed by atoms with van der Waals surface area (Å²) in [6, 6.07) is 16.7. The number of carbonyl (C=O) groups is 2. The lowest BCUT2D eigenvalue weighted by atomic mass is 10.1. The molecule has 0 unspecified atom stereocenters. The Balaban J connectivity index is 1.71. The molecular weight excluding hydrogens is 452 g/mol. The maximum atomic E-state index is 13.5. The average molecular weight is 477 g/mol.